The molecule has 2 rings (SSSR count). The van der Waals surface area contributed by atoms with Gasteiger partial charge in [0, 0.05) is 31.7 Å². The number of amides is 2. The van der Waals surface area contributed by atoms with Gasteiger partial charge in [-0.25, -0.2) is 0 Å². The minimum absolute atomic E-state index is 0.0118. The molecule has 0 radical (unpaired) electrons. The Balaban J connectivity index is 2.16. The van der Waals surface area contributed by atoms with Crippen molar-refractivity contribution in [1.82, 2.24) is 20.4 Å². The van der Waals surface area contributed by atoms with Gasteiger partial charge in [0.15, 0.2) is 0 Å². The van der Waals surface area contributed by atoms with Gasteiger partial charge < -0.3 is 15.5 Å². The molecule has 1 aromatic carbocycles. The average molecular weight is 367 g/mol. The lowest BCUT2D eigenvalue weighted by atomic mass is 10.0. The van der Waals surface area contributed by atoms with Crippen LogP contribution < -0.4 is 10.6 Å². The van der Waals surface area contributed by atoms with Crippen LogP contribution in [0.1, 0.15) is 24.4 Å². The highest BCUT2D eigenvalue weighted by atomic mass is 35.5. The van der Waals surface area contributed by atoms with Gasteiger partial charge in [0.1, 0.15) is 6.04 Å². The molecule has 2 N–H and O–H groups in total. The van der Waals surface area contributed by atoms with Crippen LogP contribution in [0.4, 0.5) is 0 Å². The third-order valence-electron chi connectivity index (χ3n) is 4.47. The van der Waals surface area contributed by atoms with Crippen molar-refractivity contribution in [3.05, 3.63) is 34.9 Å². The molecule has 0 aliphatic carbocycles. The molecule has 0 unspecified atom stereocenters. The van der Waals surface area contributed by atoms with Crippen molar-refractivity contribution in [3.8, 4) is 0 Å². The lowest BCUT2D eigenvalue weighted by Crippen LogP contribution is -2.49. The number of rotatable bonds is 7. The molecule has 1 aliphatic heterocycles. The molecule has 6 nitrogen and oxygen atoms in total. The van der Waals surface area contributed by atoms with Gasteiger partial charge in [0.25, 0.3) is 0 Å². The van der Waals surface area contributed by atoms with E-state index in [9.17, 15) is 9.59 Å². The molecular weight excluding hydrogens is 340 g/mol. The lowest BCUT2D eigenvalue weighted by Gasteiger charge is -2.31. The predicted molar refractivity (Wildman–Crippen MR) is 99.6 cm³/mol. The molecule has 0 aromatic heterocycles. The molecule has 2 amide bonds. The maximum atomic E-state index is 12.6. The Kier molecular flexibility index (Phi) is 7.23. The summed E-state index contributed by atoms with van der Waals surface area (Å²) in [5.41, 5.74) is 0.844. The van der Waals surface area contributed by atoms with Gasteiger partial charge in [-0.1, -0.05) is 23.7 Å². The van der Waals surface area contributed by atoms with E-state index < -0.39 is 6.04 Å². The summed E-state index contributed by atoms with van der Waals surface area (Å²) in [6.07, 6.45) is 1.65. The molecule has 2 atom stereocenters. The van der Waals surface area contributed by atoms with E-state index in [0.29, 0.717) is 18.1 Å². The summed E-state index contributed by atoms with van der Waals surface area (Å²) >= 11 is 5.97. The van der Waals surface area contributed by atoms with E-state index >= 15 is 0 Å². The van der Waals surface area contributed by atoms with Crippen LogP contribution in [0.5, 0.6) is 0 Å². The molecular formula is C18H27ClN4O2. The van der Waals surface area contributed by atoms with Gasteiger partial charge in [-0.3, -0.25) is 14.5 Å². The molecule has 1 aromatic rings. The SMILES string of the molecule is CNC(=O)[C@@H](c1ccc(Cl)cc1)N1CCC[C@H]1C(=O)NCCN(C)C. The van der Waals surface area contributed by atoms with E-state index in [1.807, 2.05) is 36.0 Å². The summed E-state index contributed by atoms with van der Waals surface area (Å²) in [6, 6.07) is 6.46. The second-order valence-corrected chi connectivity index (χ2v) is 6.99. The number of likely N-dealkylation sites (N-methyl/N-ethyl adjacent to an activating group) is 2. The van der Waals surface area contributed by atoms with Gasteiger partial charge in [0.2, 0.25) is 11.8 Å². The van der Waals surface area contributed by atoms with Crippen LogP contribution in [0.15, 0.2) is 24.3 Å². The zero-order valence-electron chi connectivity index (χ0n) is 15.1. The summed E-state index contributed by atoms with van der Waals surface area (Å²) in [5, 5.41) is 6.33. The molecule has 1 aliphatic rings. The lowest BCUT2D eigenvalue weighted by molar-refractivity contribution is -0.131. The topological polar surface area (TPSA) is 64.7 Å². The van der Waals surface area contributed by atoms with E-state index in [0.717, 1.165) is 24.9 Å². The van der Waals surface area contributed by atoms with Gasteiger partial charge >= 0.3 is 0 Å². The molecule has 0 saturated carbocycles. The van der Waals surface area contributed by atoms with Gasteiger partial charge in [-0.05, 0) is 44.6 Å². The van der Waals surface area contributed by atoms with E-state index in [1.165, 1.54) is 0 Å². The normalized spacial score (nSPS) is 19.0. The second kappa shape index (κ2) is 9.17. The van der Waals surface area contributed by atoms with E-state index in [-0.39, 0.29) is 17.9 Å². The van der Waals surface area contributed by atoms with Crippen LogP contribution in [0.25, 0.3) is 0 Å². The molecule has 1 heterocycles. The summed E-state index contributed by atoms with van der Waals surface area (Å²) in [5.74, 6) is -0.127. The molecule has 0 bridgehead atoms. The van der Waals surface area contributed by atoms with Crippen LogP contribution in [-0.4, -0.2) is 68.4 Å². The van der Waals surface area contributed by atoms with Crippen LogP contribution in [0.3, 0.4) is 0 Å². The van der Waals surface area contributed by atoms with Crippen molar-refractivity contribution in [2.24, 2.45) is 0 Å². The summed E-state index contributed by atoms with van der Waals surface area (Å²) < 4.78 is 0. The zero-order valence-corrected chi connectivity index (χ0v) is 15.8. The van der Waals surface area contributed by atoms with Crippen molar-refractivity contribution < 1.29 is 9.59 Å². The minimum Gasteiger partial charge on any atom is -0.358 e. The highest BCUT2D eigenvalue weighted by molar-refractivity contribution is 6.30. The Morgan fingerprint density at radius 2 is 2.00 bits per heavy atom. The quantitative estimate of drug-likeness (QED) is 0.762. The number of hydrogen-bond acceptors (Lipinski definition) is 4. The molecule has 1 fully saturated rings. The number of likely N-dealkylation sites (tertiary alicyclic amines) is 1. The predicted octanol–water partition coefficient (Wildman–Crippen LogP) is 1.27. The van der Waals surface area contributed by atoms with Gasteiger partial charge in [-0.15, -0.1) is 0 Å². The second-order valence-electron chi connectivity index (χ2n) is 6.56. The van der Waals surface area contributed by atoms with Crippen molar-refractivity contribution in [2.75, 3.05) is 40.8 Å². The van der Waals surface area contributed by atoms with Crippen molar-refractivity contribution >= 4 is 23.4 Å². The number of halogens is 1. The first-order valence-electron chi connectivity index (χ1n) is 8.59. The van der Waals surface area contributed by atoms with Crippen LogP contribution in [0.2, 0.25) is 5.02 Å². The largest absolute Gasteiger partial charge is 0.358 e. The van der Waals surface area contributed by atoms with E-state index in [2.05, 4.69) is 10.6 Å². The standard InChI is InChI=1S/C18H27ClN4O2/c1-20-18(25)16(13-6-8-14(19)9-7-13)23-11-4-5-15(23)17(24)21-10-12-22(2)3/h6-9,15-16H,4-5,10-12H2,1-3H3,(H,20,25)(H,21,24)/t15-,16+/m0/s1. The fourth-order valence-electron chi connectivity index (χ4n) is 3.18. The number of benzene rings is 1. The monoisotopic (exact) mass is 366 g/mol. The van der Waals surface area contributed by atoms with Crippen molar-refractivity contribution in [1.29, 1.82) is 0 Å². The Bertz CT molecular complexity index is 591. The molecule has 1 saturated heterocycles. The Morgan fingerprint density at radius 3 is 2.60 bits per heavy atom. The first-order valence-corrected chi connectivity index (χ1v) is 8.97. The Morgan fingerprint density at radius 1 is 1.32 bits per heavy atom. The summed E-state index contributed by atoms with van der Waals surface area (Å²) in [6.45, 7) is 2.10. The third kappa shape index (κ3) is 5.17. The molecule has 0 spiro atoms. The Hall–Kier alpha value is -1.63. The number of carbonyl (C=O) groups is 2. The minimum atomic E-state index is -0.491. The highest BCUT2D eigenvalue weighted by Crippen LogP contribution is 2.30. The fraction of sp³-hybridized carbons (Fsp3) is 0.556. The summed E-state index contributed by atoms with van der Waals surface area (Å²) in [4.78, 5) is 29.2. The molecule has 138 valence electrons. The van der Waals surface area contributed by atoms with E-state index in [1.54, 1.807) is 19.2 Å². The van der Waals surface area contributed by atoms with Crippen LogP contribution in [-0.2, 0) is 9.59 Å². The first kappa shape index (κ1) is 19.7. The molecule has 25 heavy (non-hydrogen) atoms. The van der Waals surface area contributed by atoms with Crippen molar-refractivity contribution in [3.63, 3.8) is 0 Å². The zero-order chi connectivity index (χ0) is 18.4. The Labute approximate surface area is 154 Å². The summed E-state index contributed by atoms with van der Waals surface area (Å²) in [7, 11) is 5.56. The van der Waals surface area contributed by atoms with Gasteiger partial charge in [0.05, 0.1) is 6.04 Å². The first-order chi connectivity index (χ1) is 11.9. The van der Waals surface area contributed by atoms with Crippen molar-refractivity contribution in [2.45, 2.75) is 24.9 Å². The number of hydrogen-bond donors (Lipinski definition) is 2. The number of carbonyl (C=O) groups excluding carboxylic acids is 2. The van der Waals surface area contributed by atoms with E-state index in [4.69, 9.17) is 11.6 Å². The van der Waals surface area contributed by atoms with Gasteiger partial charge in [-0.2, -0.15) is 0 Å². The van der Waals surface area contributed by atoms with Crippen LogP contribution >= 0.6 is 11.6 Å². The molecule has 7 heteroatoms. The number of nitrogens with one attached hydrogen (secondary N) is 2. The number of nitrogens with zero attached hydrogens (tertiary/aromatic N) is 2. The smallest absolute Gasteiger partial charge is 0.241 e. The maximum Gasteiger partial charge on any atom is 0.241 e. The highest BCUT2D eigenvalue weighted by Gasteiger charge is 2.38. The maximum absolute atomic E-state index is 12.6. The van der Waals surface area contributed by atoms with Crippen LogP contribution in [0, 0.1) is 0 Å². The fourth-order valence-corrected chi connectivity index (χ4v) is 3.30. The third-order valence-corrected chi connectivity index (χ3v) is 4.72. The average Bonchev–Trinajstić information content (AvgIpc) is 3.05.